The highest BCUT2D eigenvalue weighted by Gasteiger charge is 2.30. The molecule has 37 heavy (non-hydrogen) atoms. The Morgan fingerprint density at radius 2 is 0.973 bits per heavy atom. The van der Waals surface area contributed by atoms with Crippen LogP contribution >= 0.6 is 0 Å². The molecule has 4 aromatic rings. The zero-order chi connectivity index (χ0) is 25.0. The van der Waals surface area contributed by atoms with Crippen LogP contribution in [0.25, 0.3) is 22.3 Å². The monoisotopic (exact) mass is 488 g/mol. The van der Waals surface area contributed by atoms with Crippen LogP contribution in [-0.2, 0) is 10.8 Å². The quantitative estimate of drug-likeness (QED) is 0.232. The van der Waals surface area contributed by atoms with Crippen LogP contribution in [0.2, 0.25) is 0 Å². The molecular weight excluding hydrogens is 444 g/mol. The summed E-state index contributed by atoms with van der Waals surface area (Å²) in [6.45, 7) is 16.0. The molecule has 0 nitrogen and oxygen atoms in total. The molecule has 1 aliphatic rings. The van der Waals surface area contributed by atoms with Crippen LogP contribution in [0, 0.1) is 6.92 Å². The van der Waals surface area contributed by atoms with Crippen molar-refractivity contribution in [2.75, 3.05) is 0 Å². The van der Waals surface area contributed by atoms with Gasteiger partial charge in [0.15, 0.2) is 0 Å². The minimum atomic E-state index is 0. The Labute approximate surface area is 226 Å². The van der Waals surface area contributed by atoms with E-state index < -0.39 is 0 Å². The summed E-state index contributed by atoms with van der Waals surface area (Å²) < 4.78 is 0. The van der Waals surface area contributed by atoms with Gasteiger partial charge in [-0.2, -0.15) is 0 Å². The lowest BCUT2D eigenvalue weighted by atomic mass is 9.82. The molecule has 0 amide bonds. The molecule has 0 aromatic heterocycles. The number of aryl methyl sites for hydroxylation is 1. The fourth-order valence-electron chi connectivity index (χ4n) is 5.18. The third-order valence-corrected chi connectivity index (χ3v) is 7.22. The zero-order valence-corrected chi connectivity index (χ0v) is 22.2. The van der Waals surface area contributed by atoms with E-state index >= 15 is 0 Å². The molecule has 5 rings (SSSR count). The second-order valence-electron chi connectivity index (χ2n) is 12.0. The van der Waals surface area contributed by atoms with Gasteiger partial charge >= 0.3 is 0 Å². The summed E-state index contributed by atoms with van der Waals surface area (Å²) in [5.41, 5.74) is 14.7. The minimum absolute atomic E-state index is 0. The van der Waals surface area contributed by atoms with E-state index in [-0.39, 0.29) is 25.7 Å². The lowest BCUT2D eigenvalue weighted by Gasteiger charge is -2.22. The molecule has 0 saturated carbocycles. The molecule has 1 aliphatic carbocycles. The first-order chi connectivity index (χ1) is 16.5. The lowest BCUT2D eigenvalue weighted by Crippen LogP contribution is -2.11. The Morgan fingerprint density at radius 1 is 0.486 bits per heavy atom. The molecule has 0 heterocycles. The van der Waals surface area contributed by atoms with Gasteiger partial charge in [-0.25, -0.2) is 0 Å². The van der Waals surface area contributed by atoms with E-state index in [9.17, 15) is 0 Å². The fourth-order valence-corrected chi connectivity index (χ4v) is 5.18. The first-order valence-corrected chi connectivity index (χ1v) is 12.7. The van der Waals surface area contributed by atoms with Crippen LogP contribution in [0.3, 0.4) is 0 Å². The van der Waals surface area contributed by atoms with E-state index in [1.165, 1.54) is 61.2 Å². The highest BCUT2D eigenvalue weighted by molar-refractivity contribution is 6.13. The Hall–Kier alpha value is -3.38. The maximum absolute atomic E-state index is 2.44. The highest BCUT2D eigenvalue weighted by atomic mass is 14.3. The largest absolute Gasteiger partial charge is 0.0776 e. The average molecular weight is 489 g/mol. The van der Waals surface area contributed by atoms with Crippen molar-refractivity contribution in [2.24, 2.45) is 0 Å². The molecule has 0 radical (unpaired) electrons. The van der Waals surface area contributed by atoms with Crippen LogP contribution in [0.4, 0.5) is 0 Å². The first-order valence-electron chi connectivity index (χ1n) is 12.7. The summed E-state index contributed by atoms with van der Waals surface area (Å²) in [4.78, 5) is 0. The summed E-state index contributed by atoms with van der Waals surface area (Å²) in [6, 6.07) is 34.1. The van der Waals surface area contributed by atoms with E-state index in [4.69, 9.17) is 0 Å². The van der Waals surface area contributed by atoms with Gasteiger partial charge < -0.3 is 0 Å². The molecule has 192 valence electrons. The van der Waals surface area contributed by atoms with Crippen molar-refractivity contribution < 1.29 is 0 Å². The predicted molar refractivity (Wildman–Crippen MR) is 165 cm³/mol. The van der Waals surface area contributed by atoms with Crippen molar-refractivity contribution >= 4 is 11.1 Å². The van der Waals surface area contributed by atoms with E-state index in [2.05, 4.69) is 139 Å². The summed E-state index contributed by atoms with van der Waals surface area (Å²) in [6.07, 6.45) is 0. The van der Waals surface area contributed by atoms with Gasteiger partial charge in [-0.1, -0.05) is 141 Å². The van der Waals surface area contributed by atoms with E-state index in [1.807, 2.05) is 0 Å². The van der Waals surface area contributed by atoms with Crippen molar-refractivity contribution in [3.8, 4) is 11.1 Å². The molecule has 0 fully saturated rings. The molecule has 0 N–H and O–H groups in total. The van der Waals surface area contributed by atoms with Crippen LogP contribution in [0.1, 0.15) is 95.3 Å². The van der Waals surface area contributed by atoms with Gasteiger partial charge in [0.25, 0.3) is 0 Å². The van der Waals surface area contributed by atoms with Crippen molar-refractivity contribution in [2.45, 2.75) is 74.1 Å². The maximum Gasteiger partial charge on any atom is -0.00141 e. The van der Waals surface area contributed by atoms with Crippen LogP contribution in [0.15, 0.2) is 91.0 Å². The van der Waals surface area contributed by atoms with E-state index in [0.29, 0.717) is 0 Å². The second kappa shape index (κ2) is 10.2. The van der Waals surface area contributed by atoms with Crippen molar-refractivity contribution in [3.05, 3.63) is 130 Å². The van der Waals surface area contributed by atoms with Gasteiger partial charge in [0.05, 0.1) is 0 Å². The summed E-state index contributed by atoms with van der Waals surface area (Å²) in [5, 5.41) is 0. The fraction of sp³-hybridized carbons (Fsp3) is 0.297. The summed E-state index contributed by atoms with van der Waals surface area (Å²) >= 11 is 0. The number of hydrogen-bond acceptors (Lipinski definition) is 0. The SMILES string of the molecule is C.C.Cc1cccc(C(=C2c3cc(C(C)(C)C)ccc3-c3ccc(C(C)(C)C)cc32)c2ccccc2)c1. The smallest absolute Gasteiger partial charge is 0.00141 e. The molecule has 0 atom stereocenters. The van der Waals surface area contributed by atoms with Crippen LogP contribution < -0.4 is 0 Å². The number of benzene rings is 4. The number of rotatable bonds is 2. The summed E-state index contributed by atoms with van der Waals surface area (Å²) in [7, 11) is 0. The Kier molecular flexibility index (Phi) is 7.75. The summed E-state index contributed by atoms with van der Waals surface area (Å²) in [5.74, 6) is 0. The minimum Gasteiger partial charge on any atom is -0.0776 e. The van der Waals surface area contributed by atoms with Crippen molar-refractivity contribution in [1.29, 1.82) is 0 Å². The molecular formula is C37H44. The molecule has 0 spiro atoms. The topological polar surface area (TPSA) is 0 Å². The number of hydrogen-bond donors (Lipinski definition) is 0. The highest BCUT2D eigenvalue weighted by Crippen LogP contribution is 2.50. The normalized spacial score (nSPS) is 12.2. The molecule has 0 heteroatoms. The molecule has 0 bridgehead atoms. The zero-order valence-electron chi connectivity index (χ0n) is 22.2. The van der Waals surface area contributed by atoms with Gasteiger partial charge in [0.2, 0.25) is 0 Å². The maximum atomic E-state index is 2.44. The third-order valence-electron chi connectivity index (χ3n) is 7.22. The van der Waals surface area contributed by atoms with E-state index in [1.54, 1.807) is 0 Å². The van der Waals surface area contributed by atoms with Gasteiger partial charge in [-0.15, -0.1) is 0 Å². The van der Waals surface area contributed by atoms with Crippen molar-refractivity contribution in [1.82, 2.24) is 0 Å². The number of fused-ring (bicyclic) bond motifs is 3. The average Bonchev–Trinajstić information content (AvgIpc) is 3.12. The second-order valence-corrected chi connectivity index (χ2v) is 12.0. The van der Waals surface area contributed by atoms with Crippen LogP contribution in [0.5, 0.6) is 0 Å². The van der Waals surface area contributed by atoms with Crippen LogP contribution in [-0.4, -0.2) is 0 Å². The van der Waals surface area contributed by atoms with Crippen molar-refractivity contribution in [3.63, 3.8) is 0 Å². The first kappa shape index (κ1) is 28.2. The Morgan fingerprint density at radius 3 is 1.43 bits per heavy atom. The lowest BCUT2D eigenvalue weighted by molar-refractivity contribution is 0.590. The standard InChI is InChI=1S/C35H36.2CH4/c1-23-12-11-15-25(20-23)32(24-13-9-8-10-14-24)33-30-21-26(34(2,3)4)16-18-28(30)29-19-17-27(22-31(29)33)35(5,6)7;;/h8-22H,1-7H3;2*1H4. The third kappa shape index (κ3) is 5.21. The van der Waals surface area contributed by atoms with E-state index in [0.717, 1.165) is 0 Å². The van der Waals surface area contributed by atoms with Gasteiger partial charge in [-0.05, 0) is 85.5 Å². The molecule has 0 aliphatic heterocycles. The molecule has 0 unspecified atom stereocenters. The molecule has 0 saturated heterocycles. The Bertz CT molecular complexity index is 1370. The van der Waals surface area contributed by atoms with Gasteiger partial charge in [0, 0.05) is 0 Å². The Balaban J connectivity index is 0.00000190. The van der Waals surface area contributed by atoms with Gasteiger partial charge in [0.1, 0.15) is 0 Å². The van der Waals surface area contributed by atoms with Gasteiger partial charge in [-0.3, -0.25) is 0 Å². The molecule has 4 aromatic carbocycles. The predicted octanol–water partition coefficient (Wildman–Crippen LogP) is 10.9.